The fourth-order valence-corrected chi connectivity index (χ4v) is 1.77. The van der Waals surface area contributed by atoms with Gasteiger partial charge in [-0.05, 0) is 6.92 Å². The Balaban J connectivity index is 2.63. The highest BCUT2D eigenvalue weighted by molar-refractivity contribution is 5.80. The van der Waals surface area contributed by atoms with Crippen molar-refractivity contribution in [2.75, 3.05) is 6.61 Å². The number of hydrogen-bond donors (Lipinski definition) is 4. The lowest BCUT2D eigenvalue weighted by atomic mass is 9.94. The quantitative estimate of drug-likeness (QED) is 0.457. The Morgan fingerprint density at radius 3 is 2.56 bits per heavy atom. The summed E-state index contributed by atoms with van der Waals surface area (Å²) in [6, 6.07) is 0. The van der Waals surface area contributed by atoms with Crippen molar-refractivity contribution in [3.8, 4) is 0 Å². The third-order valence-electron chi connectivity index (χ3n) is 2.75. The smallest absolute Gasteiger partial charge is 0.158 e. The highest BCUT2D eigenvalue weighted by atomic mass is 16.5. The Morgan fingerprint density at radius 2 is 2.06 bits per heavy atom. The standard InChI is InChI=1S/C10H18O6/c1-5(12)8-2-6(13)3-9(16-8)10(15)7(14)4-11/h6-11,13-15H,2-4H2,1H3. The predicted octanol–water partition coefficient (Wildman–Crippen LogP) is -1.80. The summed E-state index contributed by atoms with van der Waals surface area (Å²) in [7, 11) is 0. The fourth-order valence-electron chi connectivity index (χ4n) is 1.77. The second-order valence-corrected chi connectivity index (χ2v) is 4.14. The molecule has 0 bridgehead atoms. The minimum Gasteiger partial charge on any atom is -0.394 e. The average Bonchev–Trinajstić information content (AvgIpc) is 2.26. The molecule has 1 aliphatic rings. The topological polar surface area (TPSA) is 107 Å². The van der Waals surface area contributed by atoms with Crippen LogP contribution in [0.4, 0.5) is 0 Å². The molecule has 0 aromatic carbocycles. The van der Waals surface area contributed by atoms with Gasteiger partial charge in [0, 0.05) is 12.8 Å². The molecule has 1 heterocycles. The van der Waals surface area contributed by atoms with Crippen molar-refractivity contribution in [3.63, 3.8) is 0 Å². The molecule has 5 atom stereocenters. The average molecular weight is 234 g/mol. The molecule has 0 saturated carbocycles. The molecule has 4 N–H and O–H groups in total. The molecule has 94 valence electrons. The van der Waals surface area contributed by atoms with Crippen LogP contribution in [-0.4, -0.2) is 63.3 Å². The molecular weight excluding hydrogens is 216 g/mol. The van der Waals surface area contributed by atoms with Crippen molar-refractivity contribution >= 4 is 5.78 Å². The van der Waals surface area contributed by atoms with E-state index in [9.17, 15) is 20.1 Å². The van der Waals surface area contributed by atoms with Crippen LogP contribution in [0.1, 0.15) is 19.8 Å². The van der Waals surface area contributed by atoms with E-state index in [-0.39, 0.29) is 18.6 Å². The first-order valence-corrected chi connectivity index (χ1v) is 5.26. The number of ketones is 1. The summed E-state index contributed by atoms with van der Waals surface area (Å²) in [6.45, 7) is 0.747. The minimum atomic E-state index is -1.33. The summed E-state index contributed by atoms with van der Waals surface area (Å²) >= 11 is 0. The van der Waals surface area contributed by atoms with Crippen molar-refractivity contribution in [1.82, 2.24) is 0 Å². The van der Waals surface area contributed by atoms with Crippen molar-refractivity contribution < 1.29 is 30.0 Å². The molecule has 0 aromatic heterocycles. The maximum absolute atomic E-state index is 11.1. The number of ether oxygens (including phenoxy) is 1. The summed E-state index contributed by atoms with van der Waals surface area (Å²) in [5.74, 6) is -0.227. The van der Waals surface area contributed by atoms with Gasteiger partial charge in [-0.3, -0.25) is 4.79 Å². The van der Waals surface area contributed by atoms with Crippen LogP contribution in [0.15, 0.2) is 0 Å². The number of carbonyl (C=O) groups is 1. The van der Waals surface area contributed by atoms with E-state index < -0.39 is 37.1 Å². The lowest BCUT2D eigenvalue weighted by Gasteiger charge is -2.35. The molecule has 1 aliphatic heterocycles. The minimum absolute atomic E-state index is 0.141. The summed E-state index contributed by atoms with van der Waals surface area (Å²) in [4.78, 5) is 11.1. The first-order chi connectivity index (χ1) is 7.45. The van der Waals surface area contributed by atoms with E-state index in [4.69, 9.17) is 9.84 Å². The monoisotopic (exact) mass is 234 g/mol. The zero-order valence-corrected chi connectivity index (χ0v) is 9.11. The molecule has 1 fully saturated rings. The molecule has 6 heteroatoms. The van der Waals surface area contributed by atoms with Crippen LogP contribution in [0.3, 0.4) is 0 Å². The molecule has 1 rings (SSSR count). The van der Waals surface area contributed by atoms with Crippen molar-refractivity contribution in [1.29, 1.82) is 0 Å². The van der Waals surface area contributed by atoms with E-state index in [0.29, 0.717) is 0 Å². The van der Waals surface area contributed by atoms with Gasteiger partial charge in [-0.2, -0.15) is 0 Å². The van der Waals surface area contributed by atoms with Gasteiger partial charge in [-0.25, -0.2) is 0 Å². The largest absolute Gasteiger partial charge is 0.394 e. The van der Waals surface area contributed by atoms with E-state index in [1.165, 1.54) is 6.92 Å². The van der Waals surface area contributed by atoms with E-state index in [1.807, 2.05) is 0 Å². The molecule has 0 radical (unpaired) electrons. The maximum atomic E-state index is 11.1. The fraction of sp³-hybridized carbons (Fsp3) is 0.900. The number of Topliss-reactive ketones (excluding diaryl/α,β-unsaturated/α-hetero) is 1. The summed E-state index contributed by atoms with van der Waals surface area (Å²) < 4.78 is 5.27. The van der Waals surface area contributed by atoms with Crippen LogP contribution < -0.4 is 0 Å². The molecule has 0 aromatic rings. The van der Waals surface area contributed by atoms with Gasteiger partial charge in [-0.15, -0.1) is 0 Å². The van der Waals surface area contributed by atoms with Crippen LogP contribution in [0, 0.1) is 0 Å². The highest BCUT2D eigenvalue weighted by Crippen LogP contribution is 2.23. The predicted molar refractivity (Wildman–Crippen MR) is 53.7 cm³/mol. The lowest BCUT2D eigenvalue weighted by molar-refractivity contribution is -0.173. The maximum Gasteiger partial charge on any atom is 0.158 e. The molecule has 0 amide bonds. The van der Waals surface area contributed by atoms with Gasteiger partial charge in [0.2, 0.25) is 0 Å². The molecule has 16 heavy (non-hydrogen) atoms. The van der Waals surface area contributed by atoms with Crippen molar-refractivity contribution in [2.45, 2.75) is 50.3 Å². The van der Waals surface area contributed by atoms with Gasteiger partial charge in [0.05, 0.1) is 18.8 Å². The number of carbonyl (C=O) groups excluding carboxylic acids is 1. The van der Waals surface area contributed by atoms with Crippen LogP contribution >= 0.6 is 0 Å². The number of hydrogen-bond acceptors (Lipinski definition) is 6. The second kappa shape index (κ2) is 5.70. The zero-order valence-electron chi connectivity index (χ0n) is 9.11. The number of rotatable bonds is 4. The lowest BCUT2D eigenvalue weighted by Crippen LogP contribution is -2.49. The molecular formula is C10H18O6. The number of aliphatic hydroxyl groups excluding tert-OH is 4. The van der Waals surface area contributed by atoms with Gasteiger partial charge in [-0.1, -0.05) is 0 Å². The van der Waals surface area contributed by atoms with Crippen LogP contribution in [-0.2, 0) is 9.53 Å². The summed E-state index contributed by atoms with van der Waals surface area (Å²) in [5, 5.41) is 37.0. The van der Waals surface area contributed by atoms with E-state index in [2.05, 4.69) is 0 Å². The first-order valence-electron chi connectivity index (χ1n) is 5.26. The number of aliphatic hydroxyl groups is 4. The van der Waals surface area contributed by atoms with Crippen LogP contribution in [0.5, 0.6) is 0 Å². The SMILES string of the molecule is CC(=O)C1CC(O)CC(C(O)C(O)CO)O1. The van der Waals surface area contributed by atoms with Gasteiger partial charge >= 0.3 is 0 Å². The third-order valence-corrected chi connectivity index (χ3v) is 2.75. The molecule has 5 unspecified atom stereocenters. The van der Waals surface area contributed by atoms with Crippen LogP contribution in [0.25, 0.3) is 0 Å². The second-order valence-electron chi connectivity index (χ2n) is 4.14. The Kier molecular flexibility index (Phi) is 4.82. The van der Waals surface area contributed by atoms with E-state index in [1.54, 1.807) is 0 Å². The van der Waals surface area contributed by atoms with Gasteiger partial charge < -0.3 is 25.2 Å². The Hall–Kier alpha value is -0.530. The molecule has 1 saturated heterocycles. The van der Waals surface area contributed by atoms with E-state index >= 15 is 0 Å². The molecule has 0 spiro atoms. The Labute approximate surface area is 93.5 Å². The van der Waals surface area contributed by atoms with Crippen molar-refractivity contribution in [2.24, 2.45) is 0 Å². The highest BCUT2D eigenvalue weighted by Gasteiger charge is 2.37. The normalized spacial score (nSPS) is 34.4. The Morgan fingerprint density at radius 1 is 1.44 bits per heavy atom. The third kappa shape index (κ3) is 3.23. The zero-order chi connectivity index (χ0) is 12.3. The van der Waals surface area contributed by atoms with Crippen LogP contribution in [0.2, 0.25) is 0 Å². The van der Waals surface area contributed by atoms with Gasteiger partial charge in [0.15, 0.2) is 5.78 Å². The molecule has 0 aliphatic carbocycles. The van der Waals surface area contributed by atoms with Gasteiger partial charge in [0.1, 0.15) is 18.3 Å². The first kappa shape index (κ1) is 13.5. The summed E-state index contributed by atoms with van der Waals surface area (Å²) in [5.41, 5.74) is 0. The summed E-state index contributed by atoms with van der Waals surface area (Å²) in [6.07, 6.45) is -4.62. The van der Waals surface area contributed by atoms with Crippen molar-refractivity contribution in [3.05, 3.63) is 0 Å². The van der Waals surface area contributed by atoms with E-state index in [0.717, 1.165) is 0 Å². The molecule has 6 nitrogen and oxygen atoms in total. The Bertz CT molecular complexity index is 243. The van der Waals surface area contributed by atoms with Gasteiger partial charge in [0.25, 0.3) is 0 Å².